The molecule has 0 aromatic heterocycles. The normalized spacial score (nSPS) is 11.0. The second-order valence-corrected chi connectivity index (χ2v) is 2.90. The molecule has 0 aliphatic carbocycles. The lowest BCUT2D eigenvalue weighted by Crippen LogP contribution is -2.36. The van der Waals surface area contributed by atoms with Crippen LogP contribution < -0.4 is 0 Å². The average Bonchev–Trinajstić information content (AvgIpc) is 2.06. The average molecular weight is 193 g/mol. The van der Waals surface area contributed by atoms with Crippen molar-refractivity contribution in [2.24, 2.45) is 5.41 Å². The van der Waals surface area contributed by atoms with Crippen LogP contribution in [0.4, 0.5) is 0 Å². The van der Waals surface area contributed by atoms with Crippen LogP contribution in [0.1, 0.15) is 26.7 Å². The maximum atomic E-state index is 11.2. The topological polar surface area (TPSA) is 43.4 Å². The minimum Gasteiger partial charge on any atom is -0.468 e. The highest BCUT2D eigenvalue weighted by Gasteiger charge is 2.42. The van der Waals surface area contributed by atoms with Crippen LogP contribution in [0.5, 0.6) is 0 Å². The van der Waals surface area contributed by atoms with Gasteiger partial charge >= 0.3 is 5.97 Å². The van der Waals surface area contributed by atoms with E-state index in [1.54, 1.807) is 13.8 Å². The molecule has 0 heterocycles. The summed E-state index contributed by atoms with van der Waals surface area (Å²) in [5, 5.41) is -0.639. The molecule has 70 valence electrons. The van der Waals surface area contributed by atoms with Gasteiger partial charge in [-0.15, -0.1) is 0 Å². The fourth-order valence-corrected chi connectivity index (χ4v) is 1.44. The first kappa shape index (κ1) is 11.4. The summed E-state index contributed by atoms with van der Waals surface area (Å²) < 4.78 is 4.51. The molecule has 0 rings (SSSR count). The summed E-state index contributed by atoms with van der Waals surface area (Å²) in [6.45, 7) is 3.47. The number of hydrogen-bond acceptors (Lipinski definition) is 3. The van der Waals surface area contributed by atoms with Gasteiger partial charge in [-0.2, -0.15) is 0 Å². The lowest BCUT2D eigenvalue weighted by atomic mass is 9.84. The van der Waals surface area contributed by atoms with Crippen LogP contribution in [0, 0.1) is 5.41 Å². The Kier molecular flexibility index (Phi) is 4.24. The van der Waals surface area contributed by atoms with Crippen LogP contribution in [0.15, 0.2) is 0 Å². The van der Waals surface area contributed by atoms with Gasteiger partial charge in [-0.1, -0.05) is 13.8 Å². The van der Waals surface area contributed by atoms with Gasteiger partial charge in [0.1, 0.15) is 5.41 Å². The second-order valence-electron chi connectivity index (χ2n) is 2.55. The quantitative estimate of drug-likeness (QED) is 0.387. The third kappa shape index (κ3) is 1.78. The van der Waals surface area contributed by atoms with Gasteiger partial charge in [-0.3, -0.25) is 9.59 Å². The Hall–Kier alpha value is -0.570. The molecular formula is C8H13ClO3. The van der Waals surface area contributed by atoms with Crippen LogP contribution in [-0.2, 0) is 14.3 Å². The molecule has 0 atom stereocenters. The van der Waals surface area contributed by atoms with E-state index >= 15 is 0 Å². The number of carbonyl (C=O) groups excluding carboxylic acids is 2. The highest BCUT2D eigenvalue weighted by atomic mass is 35.5. The van der Waals surface area contributed by atoms with Crippen molar-refractivity contribution in [3.8, 4) is 0 Å². The Morgan fingerprint density at radius 1 is 1.33 bits per heavy atom. The molecule has 0 saturated heterocycles. The van der Waals surface area contributed by atoms with Gasteiger partial charge in [0.2, 0.25) is 5.24 Å². The van der Waals surface area contributed by atoms with Gasteiger partial charge in [0.15, 0.2) is 0 Å². The summed E-state index contributed by atoms with van der Waals surface area (Å²) in [5.41, 5.74) is -1.14. The van der Waals surface area contributed by atoms with E-state index in [-0.39, 0.29) is 0 Å². The summed E-state index contributed by atoms with van der Waals surface area (Å²) in [7, 11) is 1.25. The Bertz CT molecular complexity index is 185. The fourth-order valence-electron chi connectivity index (χ4n) is 1.09. The Morgan fingerprint density at radius 3 is 1.83 bits per heavy atom. The maximum absolute atomic E-state index is 11.2. The number of halogens is 1. The van der Waals surface area contributed by atoms with Crippen LogP contribution in [0.3, 0.4) is 0 Å². The summed E-state index contributed by atoms with van der Waals surface area (Å²) in [6, 6.07) is 0. The largest absolute Gasteiger partial charge is 0.468 e. The third-order valence-corrected chi connectivity index (χ3v) is 2.52. The van der Waals surface area contributed by atoms with Gasteiger partial charge in [0.05, 0.1) is 7.11 Å². The van der Waals surface area contributed by atoms with E-state index in [1.165, 1.54) is 7.11 Å². The van der Waals surface area contributed by atoms with Gasteiger partial charge in [0.25, 0.3) is 0 Å². The van der Waals surface area contributed by atoms with Crippen molar-refractivity contribution in [1.29, 1.82) is 0 Å². The van der Waals surface area contributed by atoms with Crippen molar-refractivity contribution in [2.45, 2.75) is 26.7 Å². The van der Waals surface area contributed by atoms with Crippen LogP contribution in [-0.4, -0.2) is 18.3 Å². The number of hydrogen-bond donors (Lipinski definition) is 0. The fraction of sp³-hybridized carbons (Fsp3) is 0.750. The Morgan fingerprint density at radius 2 is 1.75 bits per heavy atom. The first-order valence-electron chi connectivity index (χ1n) is 3.83. The van der Waals surface area contributed by atoms with Crippen molar-refractivity contribution in [1.82, 2.24) is 0 Å². The first-order valence-corrected chi connectivity index (χ1v) is 4.21. The molecule has 0 spiro atoms. The monoisotopic (exact) mass is 192 g/mol. The zero-order chi connectivity index (χ0) is 9.78. The predicted molar refractivity (Wildman–Crippen MR) is 45.9 cm³/mol. The number of rotatable bonds is 4. The number of methoxy groups -OCH3 is 1. The standard InChI is InChI=1S/C8H13ClO3/c1-4-8(5-2,6(9)10)7(11)12-3/h4-5H2,1-3H3. The molecule has 0 amide bonds. The molecule has 0 fully saturated rings. The Labute approximate surface area is 77.0 Å². The van der Waals surface area contributed by atoms with E-state index in [2.05, 4.69) is 4.74 Å². The Balaban J connectivity index is 4.82. The van der Waals surface area contributed by atoms with Crippen molar-refractivity contribution in [2.75, 3.05) is 7.11 Å². The first-order chi connectivity index (χ1) is 5.55. The SMILES string of the molecule is CCC(CC)(C(=O)Cl)C(=O)OC. The lowest BCUT2D eigenvalue weighted by molar-refractivity contribution is -0.156. The lowest BCUT2D eigenvalue weighted by Gasteiger charge is -2.23. The van der Waals surface area contributed by atoms with E-state index in [0.717, 1.165) is 0 Å². The zero-order valence-electron chi connectivity index (χ0n) is 7.52. The molecule has 0 bridgehead atoms. The zero-order valence-corrected chi connectivity index (χ0v) is 8.27. The van der Waals surface area contributed by atoms with E-state index in [9.17, 15) is 9.59 Å². The van der Waals surface area contributed by atoms with Gasteiger partial charge < -0.3 is 4.74 Å². The number of esters is 1. The van der Waals surface area contributed by atoms with Crippen molar-refractivity contribution >= 4 is 22.8 Å². The van der Waals surface area contributed by atoms with E-state index in [4.69, 9.17) is 11.6 Å². The number of carbonyl (C=O) groups is 2. The van der Waals surface area contributed by atoms with Crippen LogP contribution >= 0.6 is 11.6 Å². The van der Waals surface area contributed by atoms with Crippen LogP contribution in [0.25, 0.3) is 0 Å². The molecule has 0 unspecified atom stereocenters. The molecule has 3 nitrogen and oxygen atoms in total. The molecule has 0 aromatic rings. The highest BCUT2D eigenvalue weighted by molar-refractivity contribution is 6.66. The number of ether oxygens (including phenoxy) is 1. The highest BCUT2D eigenvalue weighted by Crippen LogP contribution is 2.30. The van der Waals surface area contributed by atoms with Crippen LogP contribution in [0.2, 0.25) is 0 Å². The molecule has 12 heavy (non-hydrogen) atoms. The van der Waals surface area contributed by atoms with E-state index in [0.29, 0.717) is 12.8 Å². The minimum absolute atomic E-state index is 0.374. The summed E-state index contributed by atoms with van der Waals surface area (Å²) in [5.74, 6) is -0.549. The molecule has 0 aromatic carbocycles. The van der Waals surface area contributed by atoms with Crippen molar-refractivity contribution in [3.05, 3.63) is 0 Å². The molecular weight excluding hydrogens is 180 g/mol. The van der Waals surface area contributed by atoms with Gasteiger partial charge in [-0.25, -0.2) is 0 Å². The van der Waals surface area contributed by atoms with Crippen molar-refractivity contribution in [3.63, 3.8) is 0 Å². The molecule has 4 heteroatoms. The van der Waals surface area contributed by atoms with Crippen molar-refractivity contribution < 1.29 is 14.3 Å². The smallest absolute Gasteiger partial charge is 0.320 e. The minimum atomic E-state index is -1.14. The van der Waals surface area contributed by atoms with E-state index in [1.807, 2.05) is 0 Å². The molecule has 0 aliphatic rings. The molecule has 0 aliphatic heterocycles. The maximum Gasteiger partial charge on any atom is 0.320 e. The summed E-state index contributed by atoms with van der Waals surface area (Å²) >= 11 is 5.33. The predicted octanol–water partition coefficient (Wildman–Crippen LogP) is 1.73. The van der Waals surface area contributed by atoms with Gasteiger partial charge in [-0.05, 0) is 24.4 Å². The van der Waals surface area contributed by atoms with Gasteiger partial charge in [0, 0.05) is 0 Å². The molecule has 0 saturated carbocycles. The summed E-state index contributed by atoms with van der Waals surface area (Å²) in [6.07, 6.45) is 0.747. The second kappa shape index (κ2) is 4.45. The third-order valence-electron chi connectivity index (χ3n) is 2.16. The van der Waals surface area contributed by atoms with E-state index < -0.39 is 16.6 Å². The molecule has 0 N–H and O–H groups in total. The molecule has 0 radical (unpaired) electrons. The summed E-state index contributed by atoms with van der Waals surface area (Å²) in [4.78, 5) is 22.2.